The minimum atomic E-state index is -0.117. The highest BCUT2D eigenvalue weighted by molar-refractivity contribution is 5.81. The largest absolute Gasteiger partial charge is 0.361 e. The molecule has 1 heterocycles. The van der Waals surface area contributed by atoms with Crippen LogP contribution < -0.4 is 15.5 Å². The predicted molar refractivity (Wildman–Crippen MR) is 69.0 cm³/mol. The van der Waals surface area contributed by atoms with Gasteiger partial charge in [0.25, 0.3) is 0 Å². The van der Waals surface area contributed by atoms with Gasteiger partial charge in [0.1, 0.15) is 6.54 Å². The van der Waals surface area contributed by atoms with E-state index < -0.39 is 0 Å². The van der Waals surface area contributed by atoms with E-state index in [0.29, 0.717) is 6.54 Å². The van der Waals surface area contributed by atoms with E-state index in [1.54, 1.807) is 0 Å². The van der Waals surface area contributed by atoms with Gasteiger partial charge >= 0.3 is 0 Å². The van der Waals surface area contributed by atoms with Crippen LogP contribution in [0.1, 0.15) is 5.56 Å². The molecule has 0 saturated carbocycles. The number of amides is 1. The molecule has 0 fully saturated rings. The second-order valence-corrected chi connectivity index (χ2v) is 4.16. The molecule has 0 bridgehead atoms. The fourth-order valence-corrected chi connectivity index (χ4v) is 2.06. The zero-order chi connectivity index (χ0) is 12.8. The minimum absolute atomic E-state index is 0.0621. The number of hydrogen-bond acceptors (Lipinski definition) is 4. The first-order valence-corrected chi connectivity index (χ1v) is 5.98. The van der Waals surface area contributed by atoms with Crippen molar-refractivity contribution in [2.24, 2.45) is 0 Å². The van der Waals surface area contributed by atoms with Gasteiger partial charge in [0, 0.05) is 25.3 Å². The quantitative estimate of drug-likeness (QED) is 0.747. The second-order valence-electron chi connectivity index (χ2n) is 4.16. The Kier molecular flexibility index (Phi) is 4.15. The van der Waals surface area contributed by atoms with E-state index in [0.717, 1.165) is 25.3 Å². The Bertz CT molecular complexity index is 466. The van der Waals surface area contributed by atoms with Crippen LogP contribution in [0.3, 0.4) is 0 Å². The maximum absolute atomic E-state index is 11.7. The predicted octanol–water partition coefficient (Wildman–Crippen LogP) is 0.236. The van der Waals surface area contributed by atoms with Gasteiger partial charge in [-0.15, -0.1) is 0 Å². The van der Waals surface area contributed by atoms with Gasteiger partial charge in [-0.05, 0) is 11.6 Å². The number of nitriles is 1. The molecule has 2 N–H and O–H groups in total. The Morgan fingerprint density at radius 1 is 1.50 bits per heavy atom. The molecule has 0 unspecified atom stereocenters. The van der Waals surface area contributed by atoms with E-state index in [1.165, 1.54) is 5.56 Å². The molecule has 94 valence electrons. The summed E-state index contributed by atoms with van der Waals surface area (Å²) >= 11 is 0. The van der Waals surface area contributed by atoms with Gasteiger partial charge < -0.3 is 15.5 Å². The summed E-state index contributed by atoms with van der Waals surface area (Å²) in [5, 5.41) is 14.3. The Morgan fingerprint density at radius 2 is 2.33 bits per heavy atom. The lowest BCUT2D eigenvalue weighted by Gasteiger charge is -2.23. The molecule has 1 aliphatic heterocycles. The van der Waals surface area contributed by atoms with Crippen LogP contribution in [0, 0.1) is 11.3 Å². The number of nitrogens with one attached hydrogen (secondary N) is 2. The summed E-state index contributed by atoms with van der Waals surface area (Å²) in [7, 11) is 0. The van der Waals surface area contributed by atoms with Crippen molar-refractivity contribution in [1.82, 2.24) is 10.6 Å². The number of para-hydroxylation sites is 1. The van der Waals surface area contributed by atoms with Gasteiger partial charge in [0.05, 0.1) is 12.6 Å². The van der Waals surface area contributed by atoms with E-state index in [4.69, 9.17) is 5.26 Å². The number of fused-ring (bicyclic) bond motifs is 1. The van der Waals surface area contributed by atoms with Crippen LogP contribution in [0.2, 0.25) is 0 Å². The normalized spacial score (nSPS) is 14.3. The molecule has 0 spiro atoms. The molecule has 1 amide bonds. The minimum Gasteiger partial charge on any atom is -0.361 e. The Balaban J connectivity index is 2.08. The van der Waals surface area contributed by atoms with Gasteiger partial charge in [-0.3, -0.25) is 4.79 Å². The monoisotopic (exact) mass is 244 g/mol. The molecule has 0 aromatic heterocycles. The summed E-state index contributed by atoms with van der Waals surface area (Å²) in [6.07, 6.45) is 0. The van der Waals surface area contributed by atoms with E-state index in [-0.39, 0.29) is 12.5 Å². The molecule has 1 aliphatic rings. The van der Waals surface area contributed by atoms with Crippen molar-refractivity contribution in [2.75, 3.05) is 31.1 Å². The maximum atomic E-state index is 11.7. The molecule has 2 rings (SSSR count). The summed E-state index contributed by atoms with van der Waals surface area (Å²) in [6.45, 7) is 2.82. The van der Waals surface area contributed by atoms with Crippen molar-refractivity contribution >= 4 is 11.6 Å². The van der Waals surface area contributed by atoms with E-state index in [9.17, 15) is 4.79 Å². The summed E-state index contributed by atoms with van der Waals surface area (Å²) in [4.78, 5) is 13.7. The number of benzene rings is 1. The molecule has 5 heteroatoms. The number of anilines is 1. The summed E-state index contributed by atoms with van der Waals surface area (Å²) in [5.74, 6) is -0.117. The average Bonchev–Trinajstić information content (AvgIpc) is 2.59. The molecule has 1 aromatic rings. The second kappa shape index (κ2) is 6.03. The third-order valence-electron chi connectivity index (χ3n) is 2.91. The number of carbonyl (C=O) groups excluding carboxylic acids is 1. The van der Waals surface area contributed by atoms with Gasteiger partial charge in [0.2, 0.25) is 5.91 Å². The van der Waals surface area contributed by atoms with Gasteiger partial charge in [-0.1, -0.05) is 18.2 Å². The summed E-state index contributed by atoms with van der Waals surface area (Å²) in [6, 6.07) is 9.97. The lowest BCUT2D eigenvalue weighted by Crippen LogP contribution is -2.39. The van der Waals surface area contributed by atoms with Crippen LogP contribution in [0.25, 0.3) is 0 Å². The molecule has 18 heavy (non-hydrogen) atoms. The first-order chi connectivity index (χ1) is 8.81. The number of nitrogens with zero attached hydrogens (tertiary/aromatic N) is 2. The van der Waals surface area contributed by atoms with Crippen molar-refractivity contribution in [3.63, 3.8) is 0 Å². The molecule has 5 nitrogen and oxygen atoms in total. The van der Waals surface area contributed by atoms with E-state index >= 15 is 0 Å². The van der Waals surface area contributed by atoms with Crippen molar-refractivity contribution < 1.29 is 4.79 Å². The van der Waals surface area contributed by atoms with Crippen LogP contribution in [-0.2, 0) is 11.3 Å². The SMILES string of the molecule is N#CCNC(=O)CN1CCNCc2ccccc21. The first-order valence-electron chi connectivity index (χ1n) is 5.98. The maximum Gasteiger partial charge on any atom is 0.240 e. The molecule has 1 aromatic carbocycles. The van der Waals surface area contributed by atoms with Gasteiger partial charge in [-0.25, -0.2) is 0 Å². The molecule has 0 aliphatic carbocycles. The third-order valence-corrected chi connectivity index (χ3v) is 2.91. The van der Waals surface area contributed by atoms with Gasteiger partial charge in [-0.2, -0.15) is 5.26 Å². The highest BCUT2D eigenvalue weighted by Gasteiger charge is 2.16. The van der Waals surface area contributed by atoms with Crippen molar-refractivity contribution in [1.29, 1.82) is 5.26 Å². The Labute approximate surface area is 106 Å². The van der Waals surface area contributed by atoms with E-state index in [1.807, 2.05) is 29.2 Å². The van der Waals surface area contributed by atoms with Crippen LogP contribution in [0.15, 0.2) is 24.3 Å². The third kappa shape index (κ3) is 2.99. The van der Waals surface area contributed by atoms with Crippen molar-refractivity contribution in [3.05, 3.63) is 29.8 Å². The van der Waals surface area contributed by atoms with Crippen LogP contribution in [-0.4, -0.2) is 32.1 Å². The fraction of sp³-hybridized carbons (Fsp3) is 0.385. The number of rotatable bonds is 3. The Morgan fingerprint density at radius 3 is 3.17 bits per heavy atom. The highest BCUT2D eigenvalue weighted by atomic mass is 16.2. The van der Waals surface area contributed by atoms with Crippen LogP contribution >= 0.6 is 0 Å². The Hall–Kier alpha value is -2.06. The molecular formula is C13H16N4O. The highest BCUT2D eigenvalue weighted by Crippen LogP contribution is 2.21. The van der Waals surface area contributed by atoms with Gasteiger partial charge in [0.15, 0.2) is 0 Å². The fourth-order valence-electron chi connectivity index (χ4n) is 2.06. The topological polar surface area (TPSA) is 68.2 Å². The molecular weight excluding hydrogens is 228 g/mol. The molecule has 0 saturated heterocycles. The zero-order valence-corrected chi connectivity index (χ0v) is 10.1. The van der Waals surface area contributed by atoms with Crippen molar-refractivity contribution in [3.8, 4) is 6.07 Å². The standard InChI is InChI=1S/C13H16N4O/c14-5-6-16-13(18)10-17-8-7-15-9-11-3-1-2-4-12(11)17/h1-4,15H,6-10H2,(H,16,18). The van der Waals surface area contributed by atoms with Crippen LogP contribution in [0.5, 0.6) is 0 Å². The smallest absolute Gasteiger partial charge is 0.240 e. The lowest BCUT2D eigenvalue weighted by molar-refractivity contribution is -0.119. The first kappa shape index (κ1) is 12.4. The summed E-state index contributed by atoms with van der Waals surface area (Å²) < 4.78 is 0. The molecule has 0 radical (unpaired) electrons. The molecule has 0 atom stereocenters. The van der Waals surface area contributed by atoms with Crippen LogP contribution in [0.4, 0.5) is 5.69 Å². The summed E-state index contributed by atoms with van der Waals surface area (Å²) in [5.41, 5.74) is 2.29. The number of hydrogen-bond donors (Lipinski definition) is 2. The zero-order valence-electron chi connectivity index (χ0n) is 10.1. The lowest BCUT2D eigenvalue weighted by atomic mass is 10.1. The van der Waals surface area contributed by atoms with E-state index in [2.05, 4.69) is 16.7 Å². The number of carbonyl (C=O) groups is 1. The average molecular weight is 244 g/mol. The van der Waals surface area contributed by atoms with Crippen molar-refractivity contribution in [2.45, 2.75) is 6.54 Å².